The molecule has 0 saturated heterocycles. The molecule has 0 amide bonds. The number of thiol groups is 1. The number of nitrogens with two attached hydrogens (primary N) is 1. The molecule has 2 N–H and O–H groups in total. The van der Waals surface area contributed by atoms with Crippen LogP contribution in [0.2, 0.25) is 0 Å². The van der Waals surface area contributed by atoms with Crippen molar-refractivity contribution in [3.63, 3.8) is 0 Å². The van der Waals surface area contributed by atoms with Gasteiger partial charge in [-0.3, -0.25) is 0 Å². The average Bonchev–Trinajstić information content (AvgIpc) is 2.23. The topological polar surface area (TPSA) is 26.0 Å². The van der Waals surface area contributed by atoms with E-state index in [0.717, 1.165) is 12.8 Å². The fourth-order valence-corrected chi connectivity index (χ4v) is 0.854. The summed E-state index contributed by atoms with van der Waals surface area (Å²) < 4.78 is 0.194. The van der Waals surface area contributed by atoms with E-state index < -0.39 is 0 Å². The summed E-state index contributed by atoms with van der Waals surface area (Å²) in [6.07, 6.45) is 10.1. The Hall–Kier alpha value is 0.863. The van der Waals surface area contributed by atoms with Gasteiger partial charge in [-0.05, 0) is 0 Å². The summed E-state index contributed by atoms with van der Waals surface area (Å²) in [6, 6.07) is 0. The van der Waals surface area contributed by atoms with Crippen molar-refractivity contribution in [3.8, 4) is 0 Å². The summed E-state index contributed by atoms with van der Waals surface area (Å²) >= 11 is 7.65. The molecule has 1 nitrogen and oxygen atoms in total. The third kappa shape index (κ3) is 79.1. The van der Waals surface area contributed by atoms with Crippen LogP contribution in [0.3, 0.4) is 0 Å². The molecule has 0 aromatic carbocycles. The van der Waals surface area contributed by atoms with Gasteiger partial charge in [-0.15, -0.1) is 12.6 Å². The molecule has 0 rings (SSSR count). The SMILES string of the molecule is NC(=S)S.[CH2-]CCCCC.[CH2-]CCCCC.[Zn+2]. The minimum atomic E-state index is 0. The van der Waals surface area contributed by atoms with E-state index in [-0.39, 0.29) is 23.8 Å². The van der Waals surface area contributed by atoms with Gasteiger partial charge in [0.25, 0.3) is 0 Å². The Labute approximate surface area is 133 Å². The van der Waals surface area contributed by atoms with E-state index in [4.69, 9.17) is 5.73 Å². The summed E-state index contributed by atoms with van der Waals surface area (Å²) in [5, 5.41) is 0. The van der Waals surface area contributed by atoms with E-state index in [1.807, 2.05) is 0 Å². The second-order valence-electron chi connectivity index (χ2n) is 3.46. The first-order chi connectivity index (χ1) is 7.56. The van der Waals surface area contributed by atoms with Gasteiger partial charge in [0.15, 0.2) is 0 Å². The van der Waals surface area contributed by atoms with Gasteiger partial charge in [0, 0.05) is 0 Å². The van der Waals surface area contributed by atoms with Crippen molar-refractivity contribution in [1.29, 1.82) is 0 Å². The molecular formula is C13H29NS2Zn. The van der Waals surface area contributed by atoms with E-state index in [2.05, 4.69) is 52.5 Å². The Balaban J connectivity index is -0.0000000741. The van der Waals surface area contributed by atoms with Gasteiger partial charge in [-0.25, -0.2) is 0 Å². The molecule has 17 heavy (non-hydrogen) atoms. The van der Waals surface area contributed by atoms with Crippen molar-refractivity contribution in [2.24, 2.45) is 5.73 Å². The predicted molar refractivity (Wildman–Crippen MR) is 84.8 cm³/mol. The van der Waals surface area contributed by atoms with Crippen LogP contribution in [0.4, 0.5) is 0 Å². The molecule has 0 bridgehead atoms. The minimum absolute atomic E-state index is 0. The fourth-order valence-electron chi connectivity index (χ4n) is 0.854. The van der Waals surface area contributed by atoms with E-state index in [1.165, 1.54) is 38.5 Å². The van der Waals surface area contributed by atoms with E-state index in [1.54, 1.807) is 0 Å². The van der Waals surface area contributed by atoms with E-state index >= 15 is 0 Å². The Morgan fingerprint density at radius 1 is 1.00 bits per heavy atom. The van der Waals surface area contributed by atoms with Gasteiger partial charge in [-0.2, -0.15) is 12.8 Å². The van der Waals surface area contributed by atoms with Gasteiger partial charge in [0.1, 0.15) is 4.32 Å². The van der Waals surface area contributed by atoms with Crippen LogP contribution in [-0.4, -0.2) is 4.32 Å². The van der Waals surface area contributed by atoms with Crippen molar-refractivity contribution in [2.45, 2.75) is 65.2 Å². The summed E-state index contributed by atoms with van der Waals surface area (Å²) in [6.45, 7) is 11.9. The quantitative estimate of drug-likeness (QED) is 0.237. The van der Waals surface area contributed by atoms with Crippen molar-refractivity contribution in [1.82, 2.24) is 0 Å². The van der Waals surface area contributed by atoms with Crippen LogP contribution >= 0.6 is 24.8 Å². The summed E-state index contributed by atoms with van der Waals surface area (Å²) in [5.41, 5.74) is 4.71. The second-order valence-corrected chi connectivity index (χ2v) is 4.68. The van der Waals surface area contributed by atoms with E-state index in [9.17, 15) is 0 Å². The number of rotatable bonds is 6. The number of hydrogen-bond acceptors (Lipinski definition) is 1. The largest absolute Gasteiger partial charge is 2.00 e. The molecule has 0 fully saturated rings. The molecule has 0 aromatic heterocycles. The number of unbranched alkanes of at least 4 members (excludes halogenated alkanes) is 6. The standard InChI is InChI=1S/2C6H13.CH3NS2.Zn/c2*1-3-5-6-4-2;2-1(3)4;/h2*1,3-6H2,2H3;(H3,2,3,4);/q2*-1;;+2. The second kappa shape index (κ2) is 30.2. The monoisotopic (exact) mass is 327 g/mol. The molecule has 0 aliphatic carbocycles. The van der Waals surface area contributed by atoms with E-state index in [0.29, 0.717) is 0 Å². The molecule has 4 heteroatoms. The van der Waals surface area contributed by atoms with Crippen LogP contribution in [-0.2, 0) is 19.5 Å². The molecule has 0 saturated carbocycles. The molecule has 100 valence electrons. The molecule has 0 spiro atoms. The van der Waals surface area contributed by atoms with Gasteiger partial charge in [0.05, 0.1) is 0 Å². The molecular weight excluding hydrogens is 300 g/mol. The van der Waals surface area contributed by atoms with Crippen LogP contribution in [0.1, 0.15) is 65.2 Å². The predicted octanol–water partition coefficient (Wildman–Crippen LogP) is 4.96. The Morgan fingerprint density at radius 2 is 1.24 bits per heavy atom. The van der Waals surface area contributed by atoms with Crippen LogP contribution in [0.15, 0.2) is 0 Å². The van der Waals surface area contributed by atoms with Crippen LogP contribution in [0.25, 0.3) is 0 Å². The molecule has 0 heterocycles. The third-order valence-electron chi connectivity index (χ3n) is 1.71. The molecule has 0 aliphatic heterocycles. The van der Waals surface area contributed by atoms with Gasteiger partial charge in [0.2, 0.25) is 0 Å². The molecule has 0 aromatic rings. The Morgan fingerprint density at radius 3 is 1.29 bits per heavy atom. The Kier molecular flexibility index (Phi) is 46.9. The zero-order valence-corrected chi connectivity index (χ0v) is 16.4. The van der Waals surface area contributed by atoms with Crippen molar-refractivity contribution >= 4 is 29.2 Å². The van der Waals surface area contributed by atoms with Crippen molar-refractivity contribution < 1.29 is 19.5 Å². The first-order valence-corrected chi connectivity index (χ1v) is 6.99. The van der Waals surface area contributed by atoms with Crippen molar-refractivity contribution in [3.05, 3.63) is 13.8 Å². The maximum Gasteiger partial charge on any atom is 2.00 e. The van der Waals surface area contributed by atoms with Crippen LogP contribution in [0, 0.1) is 13.8 Å². The third-order valence-corrected chi connectivity index (χ3v) is 1.71. The van der Waals surface area contributed by atoms with Crippen LogP contribution in [0.5, 0.6) is 0 Å². The zero-order chi connectivity index (χ0) is 13.2. The molecule has 0 atom stereocenters. The van der Waals surface area contributed by atoms with Gasteiger partial charge < -0.3 is 19.6 Å². The first kappa shape index (κ1) is 26.4. The Bertz CT molecular complexity index is 102. The fraction of sp³-hybridized carbons (Fsp3) is 0.769. The van der Waals surface area contributed by atoms with Gasteiger partial charge in [-0.1, -0.05) is 64.6 Å². The minimum Gasteiger partial charge on any atom is -0.385 e. The average molecular weight is 329 g/mol. The summed E-state index contributed by atoms with van der Waals surface area (Å²) in [5.74, 6) is 0. The molecule has 0 aliphatic rings. The number of thiocarbonyl (C=S) groups is 1. The number of hydrogen-bond donors (Lipinski definition) is 2. The summed E-state index contributed by atoms with van der Waals surface area (Å²) in [4.78, 5) is 0. The first-order valence-electron chi connectivity index (χ1n) is 6.13. The maximum atomic E-state index is 4.71. The molecule has 0 radical (unpaired) electrons. The smallest absolute Gasteiger partial charge is 0.385 e. The zero-order valence-electron chi connectivity index (χ0n) is 11.7. The van der Waals surface area contributed by atoms with Gasteiger partial charge >= 0.3 is 19.5 Å². The van der Waals surface area contributed by atoms with Crippen LogP contribution < -0.4 is 5.73 Å². The molecule has 0 unspecified atom stereocenters. The summed E-state index contributed by atoms with van der Waals surface area (Å²) in [7, 11) is 0. The van der Waals surface area contributed by atoms with Crippen molar-refractivity contribution in [2.75, 3.05) is 0 Å². The normalized spacial score (nSPS) is 7.82. The maximum absolute atomic E-state index is 4.71.